The molecule has 0 saturated carbocycles. The van der Waals surface area contributed by atoms with E-state index in [1.807, 2.05) is 13.0 Å². The average Bonchev–Trinajstić information content (AvgIpc) is 2.41. The van der Waals surface area contributed by atoms with Crippen LogP contribution in [0.3, 0.4) is 0 Å². The SMILES string of the molecule is COc1ccc(Cl)c(Nc2nccc(C)c2C(N)=S)c1. The molecule has 0 aliphatic heterocycles. The minimum atomic E-state index is 0.289. The Morgan fingerprint density at radius 2 is 2.15 bits per heavy atom. The Morgan fingerprint density at radius 3 is 2.80 bits per heavy atom. The van der Waals surface area contributed by atoms with Crippen molar-refractivity contribution >= 4 is 40.3 Å². The first-order valence-corrected chi connectivity index (χ1v) is 6.67. The molecule has 0 fully saturated rings. The number of thiocarbonyl (C=S) groups is 1. The molecule has 1 heterocycles. The van der Waals surface area contributed by atoms with Crippen molar-refractivity contribution in [2.24, 2.45) is 5.73 Å². The number of benzene rings is 1. The topological polar surface area (TPSA) is 60.2 Å². The van der Waals surface area contributed by atoms with Gasteiger partial charge in [-0.05, 0) is 30.7 Å². The molecule has 0 aliphatic carbocycles. The van der Waals surface area contributed by atoms with Gasteiger partial charge in [-0.3, -0.25) is 0 Å². The maximum absolute atomic E-state index is 6.16. The molecular weight excluding hydrogens is 294 g/mol. The molecule has 104 valence electrons. The fourth-order valence-electron chi connectivity index (χ4n) is 1.82. The number of anilines is 2. The van der Waals surface area contributed by atoms with Gasteiger partial charge in [0.25, 0.3) is 0 Å². The number of nitrogens with two attached hydrogens (primary N) is 1. The number of halogens is 1. The standard InChI is InChI=1S/C14H14ClN3OS/c1-8-5-6-17-14(12(8)13(16)20)18-11-7-9(19-2)3-4-10(11)15/h3-7H,1-2H3,(H2,16,20)(H,17,18). The van der Waals surface area contributed by atoms with Crippen molar-refractivity contribution in [1.82, 2.24) is 4.98 Å². The van der Waals surface area contributed by atoms with E-state index in [-0.39, 0.29) is 4.99 Å². The minimum absolute atomic E-state index is 0.289. The van der Waals surface area contributed by atoms with Crippen molar-refractivity contribution in [1.29, 1.82) is 0 Å². The second kappa shape index (κ2) is 6.07. The summed E-state index contributed by atoms with van der Waals surface area (Å²) in [4.78, 5) is 4.56. The summed E-state index contributed by atoms with van der Waals surface area (Å²) in [6.45, 7) is 1.93. The number of ether oxygens (including phenoxy) is 1. The predicted molar refractivity (Wildman–Crippen MR) is 86.1 cm³/mol. The number of hydrogen-bond acceptors (Lipinski definition) is 4. The lowest BCUT2D eigenvalue weighted by atomic mass is 10.1. The van der Waals surface area contributed by atoms with E-state index in [1.54, 1.807) is 31.5 Å². The summed E-state index contributed by atoms with van der Waals surface area (Å²) in [5.41, 5.74) is 8.10. The number of pyridine rings is 1. The maximum atomic E-state index is 6.16. The first-order chi connectivity index (χ1) is 9.52. The quantitative estimate of drug-likeness (QED) is 0.847. The van der Waals surface area contributed by atoms with Gasteiger partial charge in [0, 0.05) is 12.3 Å². The number of rotatable bonds is 4. The zero-order valence-corrected chi connectivity index (χ0v) is 12.7. The monoisotopic (exact) mass is 307 g/mol. The van der Waals surface area contributed by atoms with Crippen molar-refractivity contribution in [2.75, 3.05) is 12.4 Å². The highest BCUT2D eigenvalue weighted by Gasteiger charge is 2.12. The van der Waals surface area contributed by atoms with Crippen molar-refractivity contribution in [3.8, 4) is 5.75 Å². The number of nitrogens with one attached hydrogen (secondary N) is 1. The van der Waals surface area contributed by atoms with Crippen LogP contribution in [0.25, 0.3) is 0 Å². The molecule has 2 aromatic rings. The van der Waals surface area contributed by atoms with Crippen LogP contribution >= 0.6 is 23.8 Å². The first-order valence-electron chi connectivity index (χ1n) is 5.89. The van der Waals surface area contributed by atoms with Gasteiger partial charge in [-0.1, -0.05) is 23.8 Å². The third kappa shape index (κ3) is 3.00. The average molecular weight is 308 g/mol. The Kier molecular flexibility index (Phi) is 4.42. The summed E-state index contributed by atoms with van der Waals surface area (Å²) in [5, 5.41) is 3.71. The zero-order valence-electron chi connectivity index (χ0n) is 11.1. The van der Waals surface area contributed by atoms with E-state index in [9.17, 15) is 0 Å². The number of aromatic nitrogens is 1. The molecule has 0 saturated heterocycles. The van der Waals surface area contributed by atoms with E-state index in [2.05, 4.69) is 10.3 Å². The lowest BCUT2D eigenvalue weighted by Crippen LogP contribution is -2.14. The smallest absolute Gasteiger partial charge is 0.140 e. The summed E-state index contributed by atoms with van der Waals surface area (Å²) in [6.07, 6.45) is 1.69. The Balaban J connectivity index is 2.45. The Hall–Kier alpha value is -1.85. The number of hydrogen-bond donors (Lipinski definition) is 2. The summed E-state index contributed by atoms with van der Waals surface area (Å²) >= 11 is 11.2. The van der Waals surface area contributed by atoms with Gasteiger partial charge in [0.05, 0.1) is 23.4 Å². The fraction of sp³-hybridized carbons (Fsp3) is 0.143. The van der Waals surface area contributed by atoms with Crippen molar-refractivity contribution in [3.05, 3.63) is 46.6 Å². The van der Waals surface area contributed by atoms with E-state index in [4.69, 9.17) is 34.3 Å². The van der Waals surface area contributed by atoms with Gasteiger partial charge in [-0.25, -0.2) is 4.98 Å². The molecule has 20 heavy (non-hydrogen) atoms. The van der Waals surface area contributed by atoms with Gasteiger partial charge in [-0.2, -0.15) is 0 Å². The third-order valence-electron chi connectivity index (χ3n) is 2.83. The highest BCUT2D eigenvalue weighted by atomic mass is 35.5. The molecule has 0 bridgehead atoms. The minimum Gasteiger partial charge on any atom is -0.497 e. The Bertz CT molecular complexity index is 661. The van der Waals surface area contributed by atoms with Gasteiger partial charge in [0.1, 0.15) is 16.6 Å². The highest BCUT2D eigenvalue weighted by molar-refractivity contribution is 7.80. The van der Waals surface area contributed by atoms with Gasteiger partial charge >= 0.3 is 0 Å². The summed E-state index contributed by atoms with van der Waals surface area (Å²) < 4.78 is 5.18. The number of methoxy groups -OCH3 is 1. The van der Waals surface area contributed by atoms with Crippen LogP contribution in [0, 0.1) is 6.92 Å². The summed E-state index contributed by atoms with van der Waals surface area (Å²) in [7, 11) is 1.60. The lowest BCUT2D eigenvalue weighted by molar-refractivity contribution is 0.415. The van der Waals surface area contributed by atoms with E-state index in [0.717, 1.165) is 5.56 Å². The zero-order chi connectivity index (χ0) is 14.7. The van der Waals surface area contributed by atoms with E-state index >= 15 is 0 Å². The first kappa shape index (κ1) is 14.6. The van der Waals surface area contributed by atoms with E-state index in [1.165, 1.54) is 0 Å². The van der Waals surface area contributed by atoms with Crippen LogP contribution in [0.2, 0.25) is 5.02 Å². The summed E-state index contributed by atoms with van der Waals surface area (Å²) in [5.74, 6) is 1.27. The second-order valence-electron chi connectivity index (χ2n) is 4.19. The van der Waals surface area contributed by atoms with Crippen LogP contribution in [0.1, 0.15) is 11.1 Å². The Labute approximate surface area is 127 Å². The Morgan fingerprint density at radius 1 is 1.40 bits per heavy atom. The van der Waals surface area contributed by atoms with Gasteiger partial charge in [0.2, 0.25) is 0 Å². The second-order valence-corrected chi connectivity index (χ2v) is 5.03. The van der Waals surface area contributed by atoms with E-state index in [0.29, 0.717) is 27.8 Å². The molecule has 0 unspecified atom stereocenters. The van der Waals surface area contributed by atoms with Crippen LogP contribution in [0.4, 0.5) is 11.5 Å². The largest absolute Gasteiger partial charge is 0.497 e. The molecule has 0 aliphatic rings. The molecule has 0 atom stereocenters. The molecule has 0 spiro atoms. The maximum Gasteiger partial charge on any atom is 0.140 e. The van der Waals surface area contributed by atoms with Crippen molar-refractivity contribution in [2.45, 2.75) is 6.92 Å². The summed E-state index contributed by atoms with van der Waals surface area (Å²) in [6, 6.07) is 7.17. The van der Waals surface area contributed by atoms with Gasteiger partial charge in [0.15, 0.2) is 0 Å². The molecule has 6 heteroatoms. The molecular formula is C14H14ClN3OS. The van der Waals surface area contributed by atoms with Crippen LogP contribution in [0.5, 0.6) is 5.75 Å². The van der Waals surface area contributed by atoms with Crippen molar-refractivity contribution < 1.29 is 4.74 Å². The van der Waals surface area contributed by atoms with Crippen LogP contribution < -0.4 is 15.8 Å². The van der Waals surface area contributed by atoms with Crippen LogP contribution in [-0.2, 0) is 0 Å². The van der Waals surface area contributed by atoms with Crippen LogP contribution in [0.15, 0.2) is 30.5 Å². The normalized spacial score (nSPS) is 10.2. The highest BCUT2D eigenvalue weighted by Crippen LogP contribution is 2.30. The molecule has 0 amide bonds. The molecule has 3 N–H and O–H groups in total. The molecule has 4 nitrogen and oxygen atoms in total. The van der Waals surface area contributed by atoms with Crippen molar-refractivity contribution in [3.63, 3.8) is 0 Å². The van der Waals surface area contributed by atoms with Crippen LogP contribution in [-0.4, -0.2) is 17.1 Å². The van der Waals surface area contributed by atoms with Gasteiger partial charge in [-0.15, -0.1) is 0 Å². The third-order valence-corrected chi connectivity index (χ3v) is 3.37. The number of aryl methyl sites for hydroxylation is 1. The molecule has 0 radical (unpaired) electrons. The molecule has 1 aromatic heterocycles. The number of nitrogens with zero attached hydrogens (tertiary/aromatic N) is 1. The fourth-order valence-corrected chi connectivity index (χ4v) is 2.24. The predicted octanol–water partition coefficient (Wildman–Crippen LogP) is 3.43. The molecule has 2 rings (SSSR count). The van der Waals surface area contributed by atoms with Gasteiger partial charge < -0.3 is 15.8 Å². The molecule has 1 aromatic carbocycles. The lowest BCUT2D eigenvalue weighted by Gasteiger charge is -2.14. The van der Waals surface area contributed by atoms with E-state index < -0.39 is 0 Å².